The molecule has 0 radical (unpaired) electrons. The highest BCUT2D eigenvalue weighted by molar-refractivity contribution is 5.97. The van der Waals surface area contributed by atoms with Gasteiger partial charge in [0.15, 0.2) is 5.65 Å². The van der Waals surface area contributed by atoms with Gasteiger partial charge in [-0.2, -0.15) is 0 Å². The maximum absolute atomic E-state index is 6.53. The molecule has 1 aliphatic carbocycles. The normalized spacial score (nSPS) is 16.1. The van der Waals surface area contributed by atoms with Crippen molar-refractivity contribution < 1.29 is 0 Å². The molecule has 1 fully saturated rings. The van der Waals surface area contributed by atoms with E-state index in [1.54, 1.807) is 12.4 Å². The largest absolute Gasteiger partial charge is 0.321 e. The Morgan fingerprint density at radius 3 is 2.68 bits per heavy atom. The molecular formula is C26H25N5. The van der Waals surface area contributed by atoms with Gasteiger partial charge in [-0.25, -0.2) is 4.98 Å². The number of hydrogen-bond acceptors (Lipinski definition) is 4. The standard InChI is InChI=1S/C26H25N5/c1-3-5-7-18(4-2)21-16-22-23(12-15-31-17-28-30-25(22)31)29-24(21)19-8-10-20(11-9-19)26(27)13-6-14-26/h3-5,7-12,15-17H,1,6,13-14,27H2,2H3/b7-5-,18-4+. The number of benzene rings is 1. The summed E-state index contributed by atoms with van der Waals surface area (Å²) in [6.45, 7) is 5.84. The second-order valence-corrected chi connectivity index (χ2v) is 8.12. The summed E-state index contributed by atoms with van der Waals surface area (Å²) in [6.07, 6.45) is 14.8. The van der Waals surface area contributed by atoms with Gasteiger partial charge in [0.1, 0.15) is 6.33 Å². The van der Waals surface area contributed by atoms with E-state index < -0.39 is 0 Å². The number of rotatable bonds is 5. The molecule has 154 valence electrons. The summed E-state index contributed by atoms with van der Waals surface area (Å²) in [5.74, 6) is 0. The molecule has 5 nitrogen and oxygen atoms in total. The number of nitrogens with two attached hydrogens (primary N) is 1. The fourth-order valence-corrected chi connectivity index (χ4v) is 4.29. The minimum Gasteiger partial charge on any atom is -0.321 e. The lowest BCUT2D eigenvalue weighted by atomic mass is 9.72. The monoisotopic (exact) mass is 407 g/mol. The molecule has 5 rings (SSSR count). The Hall–Kier alpha value is -3.57. The highest BCUT2D eigenvalue weighted by atomic mass is 15.2. The van der Waals surface area contributed by atoms with Crippen LogP contribution in [0.25, 0.3) is 33.4 Å². The van der Waals surface area contributed by atoms with Gasteiger partial charge in [0, 0.05) is 28.2 Å². The van der Waals surface area contributed by atoms with E-state index >= 15 is 0 Å². The summed E-state index contributed by atoms with van der Waals surface area (Å²) in [4.78, 5) is 5.07. The van der Waals surface area contributed by atoms with E-state index in [2.05, 4.69) is 59.3 Å². The van der Waals surface area contributed by atoms with Crippen molar-refractivity contribution in [3.63, 3.8) is 0 Å². The van der Waals surface area contributed by atoms with Crippen molar-refractivity contribution in [1.82, 2.24) is 19.6 Å². The predicted molar refractivity (Wildman–Crippen MR) is 126 cm³/mol. The lowest BCUT2D eigenvalue weighted by molar-refractivity contribution is 0.253. The summed E-state index contributed by atoms with van der Waals surface area (Å²) >= 11 is 0. The quantitative estimate of drug-likeness (QED) is 0.448. The highest BCUT2D eigenvalue weighted by Gasteiger charge is 2.34. The Kier molecular flexibility index (Phi) is 4.75. The zero-order chi connectivity index (χ0) is 21.4. The third-order valence-electron chi connectivity index (χ3n) is 6.27. The summed E-state index contributed by atoms with van der Waals surface area (Å²) < 4.78 is 1.91. The summed E-state index contributed by atoms with van der Waals surface area (Å²) in [5.41, 5.74) is 13.4. The molecule has 0 amide bonds. The molecule has 0 saturated heterocycles. The zero-order valence-corrected chi connectivity index (χ0v) is 17.6. The second-order valence-electron chi connectivity index (χ2n) is 8.12. The first-order valence-electron chi connectivity index (χ1n) is 10.6. The molecule has 31 heavy (non-hydrogen) atoms. The van der Waals surface area contributed by atoms with E-state index in [0.717, 1.165) is 51.8 Å². The lowest BCUT2D eigenvalue weighted by Gasteiger charge is -2.38. The first kappa shape index (κ1) is 19.4. The van der Waals surface area contributed by atoms with Crippen molar-refractivity contribution in [1.29, 1.82) is 0 Å². The van der Waals surface area contributed by atoms with E-state index in [-0.39, 0.29) is 5.54 Å². The minimum atomic E-state index is -0.168. The molecule has 4 aromatic rings. The second kappa shape index (κ2) is 7.60. The van der Waals surface area contributed by atoms with E-state index in [4.69, 9.17) is 10.7 Å². The Bertz CT molecular complexity index is 1340. The van der Waals surface area contributed by atoms with Crippen molar-refractivity contribution in [3.05, 3.63) is 90.9 Å². The number of allylic oxidation sites excluding steroid dienone is 5. The topological polar surface area (TPSA) is 69.1 Å². The minimum absolute atomic E-state index is 0.168. The maximum atomic E-state index is 6.53. The van der Waals surface area contributed by atoms with Crippen molar-refractivity contribution >= 4 is 22.1 Å². The van der Waals surface area contributed by atoms with Crippen LogP contribution in [0.1, 0.15) is 37.3 Å². The number of hydrogen-bond donors (Lipinski definition) is 1. The van der Waals surface area contributed by atoms with Crippen LogP contribution in [0.4, 0.5) is 0 Å². The predicted octanol–water partition coefficient (Wildman–Crippen LogP) is 5.43. The van der Waals surface area contributed by atoms with Gasteiger partial charge in [0.2, 0.25) is 0 Å². The van der Waals surface area contributed by atoms with E-state index in [0.29, 0.717) is 0 Å². The molecule has 3 aromatic heterocycles. The van der Waals surface area contributed by atoms with E-state index in [1.807, 2.05) is 29.7 Å². The van der Waals surface area contributed by atoms with Crippen LogP contribution in [0.15, 0.2) is 79.8 Å². The van der Waals surface area contributed by atoms with Gasteiger partial charge in [0.25, 0.3) is 0 Å². The zero-order valence-electron chi connectivity index (χ0n) is 17.6. The van der Waals surface area contributed by atoms with Crippen LogP contribution in [0.3, 0.4) is 0 Å². The molecule has 3 heterocycles. The van der Waals surface area contributed by atoms with Gasteiger partial charge in [-0.15, -0.1) is 10.2 Å². The first-order chi connectivity index (χ1) is 15.1. The third-order valence-corrected chi connectivity index (χ3v) is 6.27. The van der Waals surface area contributed by atoms with Crippen molar-refractivity contribution in [2.24, 2.45) is 5.73 Å². The van der Waals surface area contributed by atoms with Crippen LogP contribution >= 0.6 is 0 Å². The maximum Gasteiger partial charge on any atom is 0.170 e. The molecule has 5 heteroatoms. The summed E-state index contributed by atoms with van der Waals surface area (Å²) in [5, 5.41) is 9.32. The van der Waals surface area contributed by atoms with Gasteiger partial charge in [-0.05, 0) is 49.5 Å². The van der Waals surface area contributed by atoms with E-state index in [9.17, 15) is 0 Å². The fraction of sp³-hybridized carbons (Fsp3) is 0.192. The average Bonchev–Trinajstić information content (AvgIpc) is 3.27. The van der Waals surface area contributed by atoms with Crippen LogP contribution in [-0.4, -0.2) is 19.6 Å². The Morgan fingerprint density at radius 1 is 1.19 bits per heavy atom. The van der Waals surface area contributed by atoms with E-state index in [1.165, 1.54) is 12.0 Å². The smallest absolute Gasteiger partial charge is 0.170 e. The van der Waals surface area contributed by atoms with Crippen molar-refractivity contribution in [3.8, 4) is 11.3 Å². The number of pyridine rings is 2. The molecule has 0 unspecified atom stereocenters. The number of nitrogens with zero attached hydrogens (tertiary/aromatic N) is 4. The number of aromatic nitrogens is 4. The first-order valence-corrected chi connectivity index (χ1v) is 10.6. The van der Waals surface area contributed by atoms with Crippen LogP contribution in [0.5, 0.6) is 0 Å². The summed E-state index contributed by atoms with van der Waals surface area (Å²) in [7, 11) is 0. The highest BCUT2D eigenvalue weighted by Crippen LogP contribution is 2.40. The van der Waals surface area contributed by atoms with Crippen LogP contribution in [0.2, 0.25) is 0 Å². The fourth-order valence-electron chi connectivity index (χ4n) is 4.29. The molecule has 1 aliphatic rings. The number of fused-ring (bicyclic) bond motifs is 3. The Balaban J connectivity index is 1.71. The third kappa shape index (κ3) is 3.27. The van der Waals surface area contributed by atoms with Gasteiger partial charge >= 0.3 is 0 Å². The molecule has 1 saturated carbocycles. The van der Waals surface area contributed by atoms with Gasteiger partial charge in [0.05, 0.1) is 11.2 Å². The molecule has 0 spiro atoms. The molecule has 0 atom stereocenters. The lowest BCUT2D eigenvalue weighted by Crippen LogP contribution is -2.43. The molecule has 1 aromatic carbocycles. The Labute approximate surface area is 181 Å². The van der Waals surface area contributed by atoms with Crippen LogP contribution in [0, 0.1) is 0 Å². The molecule has 0 bridgehead atoms. The van der Waals surface area contributed by atoms with Crippen LogP contribution < -0.4 is 5.73 Å². The van der Waals surface area contributed by atoms with Gasteiger partial charge < -0.3 is 5.73 Å². The van der Waals surface area contributed by atoms with Crippen molar-refractivity contribution in [2.45, 2.75) is 31.7 Å². The van der Waals surface area contributed by atoms with Gasteiger partial charge in [-0.3, -0.25) is 4.40 Å². The molecule has 2 N–H and O–H groups in total. The summed E-state index contributed by atoms with van der Waals surface area (Å²) in [6, 6.07) is 12.8. The van der Waals surface area contributed by atoms with Crippen LogP contribution in [-0.2, 0) is 5.54 Å². The SMILES string of the molecule is C=C/C=C\C(=C/C)c1cc2c(ccn3cnnc23)nc1-c1ccc(C2(N)CCC2)cc1. The molecular weight excluding hydrogens is 382 g/mol. The van der Waals surface area contributed by atoms with Crippen molar-refractivity contribution in [2.75, 3.05) is 0 Å². The molecule has 0 aliphatic heterocycles. The van der Waals surface area contributed by atoms with Gasteiger partial charge in [-0.1, -0.05) is 55.1 Å². The average molecular weight is 408 g/mol. The Morgan fingerprint density at radius 2 is 2.00 bits per heavy atom.